The molecule has 6 heteroatoms. The first-order valence-corrected chi connectivity index (χ1v) is 9.92. The fraction of sp³-hybridized carbons (Fsp3) is 0.200. The monoisotopic (exact) mass is 404 g/mol. The van der Waals surface area contributed by atoms with Crippen LogP contribution in [0.15, 0.2) is 47.5 Å². The van der Waals surface area contributed by atoms with Gasteiger partial charge in [-0.25, -0.2) is 4.98 Å². The average Bonchev–Trinajstić information content (AvgIpc) is 2.55. The summed E-state index contributed by atoms with van der Waals surface area (Å²) in [6.45, 7) is 4.15. The van der Waals surface area contributed by atoms with Gasteiger partial charge in [0.25, 0.3) is 0 Å². The molecule has 0 fully saturated rings. The van der Waals surface area contributed by atoms with Crippen molar-refractivity contribution in [1.29, 1.82) is 0 Å². The number of thioether (sulfide) groups is 1. The van der Waals surface area contributed by atoms with Crippen LogP contribution in [-0.2, 0) is 4.79 Å². The molecular weight excluding hydrogens is 387 g/mol. The zero-order chi connectivity index (χ0) is 18.7. The molecule has 3 rings (SSSR count). The lowest BCUT2D eigenvalue weighted by Gasteiger charge is -2.09. The highest BCUT2D eigenvalue weighted by molar-refractivity contribution is 7.99. The molecule has 1 amide bonds. The standard InChI is InChI=1S/C20H18Cl2N2OS/c1-12-4-3-5-17-13(2)8-19(24-20(12)17)26-7-6-18(25)23-16-10-14(21)9-15(22)11-16/h3-5,8-11H,6-7H2,1-2H3,(H,23,25). The van der Waals surface area contributed by atoms with Crippen molar-refractivity contribution in [3.8, 4) is 0 Å². The molecular formula is C20H18Cl2N2OS. The number of nitrogens with zero attached hydrogens (tertiary/aromatic N) is 1. The van der Waals surface area contributed by atoms with Gasteiger partial charge in [0, 0.05) is 33.3 Å². The number of carbonyl (C=O) groups excluding carboxylic acids is 1. The molecule has 0 bridgehead atoms. The first-order valence-electron chi connectivity index (χ1n) is 8.18. The van der Waals surface area contributed by atoms with E-state index in [0.29, 0.717) is 27.9 Å². The predicted octanol–water partition coefficient (Wildman–Crippen LogP) is 6.28. The Morgan fingerprint density at radius 2 is 1.81 bits per heavy atom. The number of aromatic nitrogens is 1. The molecule has 26 heavy (non-hydrogen) atoms. The fourth-order valence-corrected chi connectivity index (χ4v) is 4.14. The van der Waals surface area contributed by atoms with Gasteiger partial charge in [0.15, 0.2) is 0 Å². The number of fused-ring (bicyclic) bond motifs is 1. The molecule has 0 radical (unpaired) electrons. The average molecular weight is 405 g/mol. The number of halogens is 2. The number of amides is 1. The van der Waals surface area contributed by atoms with Gasteiger partial charge in [-0.05, 0) is 49.2 Å². The summed E-state index contributed by atoms with van der Waals surface area (Å²) in [6, 6.07) is 13.2. The lowest BCUT2D eigenvalue weighted by atomic mass is 10.1. The van der Waals surface area contributed by atoms with Crippen LogP contribution in [0, 0.1) is 13.8 Å². The summed E-state index contributed by atoms with van der Waals surface area (Å²) in [6.07, 6.45) is 0.376. The highest BCUT2D eigenvalue weighted by Crippen LogP contribution is 2.26. The van der Waals surface area contributed by atoms with Crippen molar-refractivity contribution in [3.63, 3.8) is 0 Å². The highest BCUT2D eigenvalue weighted by atomic mass is 35.5. The van der Waals surface area contributed by atoms with Gasteiger partial charge in [-0.3, -0.25) is 4.79 Å². The van der Waals surface area contributed by atoms with Gasteiger partial charge in [-0.2, -0.15) is 0 Å². The van der Waals surface area contributed by atoms with Crippen LogP contribution in [0.4, 0.5) is 5.69 Å². The summed E-state index contributed by atoms with van der Waals surface area (Å²) >= 11 is 13.5. The minimum Gasteiger partial charge on any atom is -0.326 e. The summed E-state index contributed by atoms with van der Waals surface area (Å²) < 4.78 is 0. The highest BCUT2D eigenvalue weighted by Gasteiger charge is 2.08. The van der Waals surface area contributed by atoms with E-state index in [1.807, 2.05) is 6.07 Å². The number of pyridine rings is 1. The van der Waals surface area contributed by atoms with Crippen molar-refractivity contribution in [1.82, 2.24) is 4.98 Å². The predicted molar refractivity (Wildman–Crippen MR) is 112 cm³/mol. The second-order valence-electron chi connectivity index (χ2n) is 6.05. The summed E-state index contributed by atoms with van der Waals surface area (Å²) in [5.41, 5.74) is 3.98. The Bertz CT molecular complexity index is 955. The van der Waals surface area contributed by atoms with E-state index in [0.717, 1.165) is 16.1 Å². The maximum absolute atomic E-state index is 12.1. The van der Waals surface area contributed by atoms with Crippen LogP contribution in [0.25, 0.3) is 10.9 Å². The van der Waals surface area contributed by atoms with E-state index in [4.69, 9.17) is 28.2 Å². The first kappa shape index (κ1) is 19.0. The molecule has 1 aromatic heterocycles. The van der Waals surface area contributed by atoms with E-state index >= 15 is 0 Å². The van der Waals surface area contributed by atoms with E-state index < -0.39 is 0 Å². The Labute approximate surface area is 167 Å². The number of para-hydroxylation sites is 1. The number of hydrogen-bond donors (Lipinski definition) is 1. The van der Waals surface area contributed by atoms with E-state index in [-0.39, 0.29) is 5.91 Å². The molecule has 3 nitrogen and oxygen atoms in total. The Morgan fingerprint density at radius 1 is 1.08 bits per heavy atom. The Kier molecular flexibility index (Phi) is 6.07. The fourth-order valence-electron chi connectivity index (χ4n) is 2.70. The van der Waals surface area contributed by atoms with Gasteiger partial charge in [0.1, 0.15) is 0 Å². The molecule has 0 atom stereocenters. The maximum atomic E-state index is 12.1. The minimum atomic E-state index is -0.0791. The number of carbonyl (C=O) groups is 1. The van der Waals surface area contributed by atoms with Crippen molar-refractivity contribution in [2.24, 2.45) is 0 Å². The van der Waals surface area contributed by atoms with Crippen molar-refractivity contribution in [2.45, 2.75) is 25.3 Å². The molecule has 0 saturated heterocycles. The van der Waals surface area contributed by atoms with Crippen molar-refractivity contribution < 1.29 is 4.79 Å². The third-order valence-electron chi connectivity index (χ3n) is 3.95. The molecule has 1 N–H and O–H groups in total. The summed E-state index contributed by atoms with van der Waals surface area (Å²) in [7, 11) is 0. The van der Waals surface area contributed by atoms with Gasteiger partial charge in [0.05, 0.1) is 10.5 Å². The van der Waals surface area contributed by atoms with Crippen LogP contribution in [0.5, 0.6) is 0 Å². The lowest BCUT2D eigenvalue weighted by Crippen LogP contribution is -2.12. The van der Waals surface area contributed by atoms with Crippen molar-refractivity contribution in [2.75, 3.05) is 11.1 Å². The number of hydrogen-bond acceptors (Lipinski definition) is 3. The van der Waals surface area contributed by atoms with E-state index in [2.05, 4.69) is 37.4 Å². The first-order chi connectivity index (χ1) is 12.4. The number of benzene rings is 2. The summed E-state index contributed by atoms with van der Waals surface area (Å²) in [4.78, 5) is 16.9. The summed E-state index contributed by atoms with van der Waals surface area (Å²) in [5, 5.41) is 5.91. The van der Waals surface area contributed by atoms with Gasteiger partial charge in [-0.1, -0.05) is 41.4 Å². The second kappa shape index (κ2) is 8.30. The summed E-state index contributed by atoms with van der Waals surface area (Å²) in [5.74, 6) is 0.564. The Morgan fingerprint density at radius 3 is 2.54 bits per heavy atom. The van der Waals surface area contributed by atoms with Gasteiger partial charge in [0.2, 0.25) is 5.91 Å². The third-order valence-corrected chi connectivity index (χ3v) is 5.30. The Hall–Kier alpha value is -1.75. The molecule has 0 aliphatic heterocycles. The minimum absolute atomic E-state index is 0.0791. The quantitative estimate of drug-likeness (QED) is 0.508. The molecule has 0 saturated carbocycles. The topological polar surface area (TPSA) is 42.0 Å². The zero-order valence-electron chi connectivity index (χ0n) is 14.5. The van der Waals surface area contributed by atoms with E-state index in [9.17, 15) is 4.79 Å². The van der Waals surface area contributed by atoms with Crippen LogP contribution in [-0.4, -0.2) is 16.6 Å². The zero-order valence-corrected chi connectivity index (χ0v) is 16.8. The van der Waals surface area contributed by atoms with Crippen molar-refractivity contribution in [3.05, 3.63) is 63.6 Å². The lowest BCUT2D eigenvalue weighted by molar-refractivity contribution is -0.115. The second-order valence-corrected chi connectivity index (χ2v) is 8.04. The largest absolute Gasteiger partial charge is 0.326 e. The molecule has 1 heterocycles. The van der Waals surface area contributed by atoms with Crippen LogP contribution in [0.2, 0.25) is 10.0 Å². The van der Waals surface area contributed by atoms with Crippen LogP contribution in [0.3, 0.4) is 0 Å². The maximum Gasteiger partial charge on any atom is 0.225 e. The number of nitrogens with one attached hydrogen (secondary N) is 1. The smallest absolute Gasteiger partial charge is 0.225 e. The molecule has 0 unspecified atom stereocenters. The molecule has 0 spiro atoms. The van der Waals surface area contributed by atoms with E-state index in [1.54, 1.807) is 30.0 Å². The third kappa shape index (κ3) is 4.70. The normalized spacial score (nSPS) is 10.9. The molecule has 134 valence electrons. The van der Waals surface area contributed by atoms with Crippen LogP contribution in [0.1, 0.15) is 17.5 Å². The molecule has 2 aromatic carbocycles. The number of aryl methyl sites for hydroxylation is 2. The van der Waals surface area contributed by atoms with Crippen LogP contribution < -0.4 is 5.32 Å². The molecule has 3 aromatic rings. The molecule has 0 aliphatic rings. The van der Waals surface area contributed by atoms with E-state index in [1.165, 1.54) is 10.9 Å². The van der Waals surface area contributed by atoms with Crippen LogP contribution >= 0.6 is 35.0 Å². The molecule has 0 aliphatic carbocycles. The number of rotatable bonds is 5. The van der Waals surface area contributed by atoms with Gasteiger partial charge >= 0.3 is 0 Å². The SMILES string of the molecule is Cc1cc(SCCC(=O)Nc2cc(Cl)cc(Cl)c2)nc2c(C)cccc12. The van der Waals surface area contributed by atoms with Crippen molar-refractivity contribution >= 4 is 57.5 Å². The Balaban J connectivity index is 1.62. The van der Waals surface area contributed by atoms with Gasteiger partial charge in [-0.15, -0.1) is 11.8 Å². The number of anilines is 1. The van der Waals surface area contributed by atoms with Gasteiger partial charge < -0.3 is 5.32 Å².